The summed E-state index contributed by atoms with van der Waals surface area (Å²) in [6, 6.07) is 3.57. The molecule has 15 heavy (non-hydrogen) atoms. The molecule has 0 saturated carbocycles. The summed E-state index contributed by atoms with van der Waals surface area (Å²) in [5.74, 6) is -0.192. The minimum Gasteiger partial charge on any atom is -0.347 e. The van der Waals surface area contributed by atoms with Crippen molar-refractivity contribution in [2.24, 2.45) is 0 Å². The zero-order valence-electron chi connectivity index (χ0n) is 9.06. The van der Waals surface area contributed by atoms with Crippen molar-refractivity contribution >= 4 is 23.2 Å². The molecule has 2 amide bonds. The van der Waals surface area contributed by atoms with Gasteiger partial charge in [-0.25, -0.2) is 0 Å². The number of carbonyl (C=O) groups is 2. The molecule has 0 aromatic carbocycles. The monoisotopic (exact) mass is 226 g/mol. The highest BCUT2D eigenvalue weighted by Gasteiger charge is 2.16. The first-order valence-corrected chi connectivity index (χ1v) is 5.39. The Morgan fingerprint density at radius 3 is 2.47 bits per heavy atom. The molecule has 0 saturated heterocycles. The molecule has 0 fully saturated rings. The number of rotatable bonds is 3. The van der Waals surface area contributed by atoms with Crippen molar-refractivity contribution in [2.45, 2.75) is 0 Å². The molecule has 1 heterocycles. The molecular weight excluding hydrogens is 212 g/mol. The van der Waals surface area contributed by atoms with Gasteiger partial charge in [0.1, 0.15) is 0 Å². The van der Waals surface area contributed by atoms with Gasteiger partial charge in [-0.05, 0) is 11.4 Å². The summed E-state index contributed by atoms with van der Waals surface area (Å²) >= 11 is 1.38. The van der Waals surface area contributed by atoms with Gasteiger partial charge in [0.05, 0.1) is 11.4 Å². The van der Waals surface area contributed by atoms with Gasteiger partial charge < -0.3 is 9.80 Å². The Morgan fingerprint density at radius 1 is 1.33 bits per heavy atom. The van der Waals surface area contributed by atoms with Crippen molar-refractivity contribution in [3.8, 4) is 0 Å². The second kappa shape index (κ2) is 4.93. The number of thiophene rings is 1. The molecule has 1 aromatic heterocycles. The quantitative estimate of drug-likeness (QED) is 0.768. The van der Waals surface area contributed by atoms with Crippen molar-refractivity contribution in [2.75, 3.05) is 27.7 Å². The summed E-state index contributed by atoms with van der Waals surface area (Å²) in [7, 11) is 4.97. The van der Waals surface area contributed by atoms with E-state index < -0.39 is 0 Å². The van der Waals surface area contributed by atoms with Crippen LogP contribution in [0.2, 0.25) is 0 Å². The van der Waals surface area contributed by atoms with E-state index in [9.17, 15) is 9.59 Å². The van der Waals surface area contributed by atoms with Gasteiger partial charge in [0.25, 0.3) is 5.91 Å². The van der Waals surface area contributed by atoms with E-state index in [1.807, 2.05) is 11.4 Å². The van der Waals surface area contributed by atoms with Gasteiger partial charge in [-0.1, -0.05) is 6.07 Å². The van der Waals surface area contributed by atoms with Gasteiger partial charge in [-0.2, -0.15) is 0 Å². The van der Waals surface area contributed by atoms with E-state index >= 15 is 0 Å². The maximum absolute atomic E-state index is 11.7. The molecule has 0 bridgehead atoms. The average Bonchev–Trinajstić information content (AvgIpc) is 2.68. The van der Waals surface area contributed by atoms with Gasteiger partial charge in [-0.15, -0.1) is 11.3 Å². The first kappa shape index (κ1) is 11.7. The zero-order chi connectivity index (χ0) is 11.4. The third-order valence-electron chi connectivity index (χ3n) is 1.95. The van der Waals surface area contributed by atoms with E-state index in [1.54, 1.807) is 27.2 Å². The molecule has 1 rings (SSSR count). The van der Waals surface area contributed by atoms with Crippen LogP contribution < -0.4 is 0 Å². The van der Waals surface area contributed by atoms with Crippen molar-refractivity contribution in [1.29, 1.82) is 0 Å². The summed E-state index contributed by atoms with van der Waals surface area (Å²) in [6.45, 7) is 0.115. The molecule has 5 heteroatoms. The summed E-state index contributed by atoms with van der Waals surface area (Å²) < 4.78 is 0. The molecule has 0 atom stereocenters. The van der Waals surface area contributed by atoms with Crippen LogP contribution in [0.4, 0.5) is 0 Å². The predicted octanol–water partition coefficient (Wildman–Crippen LogP) is 0.908. The number of likely N-dealkylation sites (N-methyl/N-ethyl adjacent to an activating group) is 2. The van der Waals surface area contributed by atoms with Crippen LogP contribution in [-0.2, 0) is 4.79 Å². The standard InChI is InChI=1S/C10H14N2O2S/c1-11(2)9(13)7-12(3)10(14)8-5-4-6-15-8/h4-6H,7H2,1-3H3. The fraction of sp³-hybridized carbons (Fsp3) is 0.400. The van der Waals surface area contributed by atoms with Gasteiger partial charge in [0.15, 0.2) is 0 Å². The zero-order valence-corrected chi connectivity index (χ0v) is 9.87. The Hall–Kier alpha value is -1.36. The molecule has 82 valence electrons. The smallest absolute Gasteiger partial charge is 0.264 e. The summed E-state index contributed by atoms with van der Waals surface area (Å²) in [6.07, 6.45) is 0. The minimum atomic E-state index is -0.111. The Balaban J connectivity index is 2.58. The first-order valence-electron chi connectivity index (χ1n) is 4.51. The average molecular weight is 226 g/mol. The normalized spacial score (nSPS) is 9.80. The first-order chi connectivity index (χ1) is 7.02. The van der Waals surface area contributed by atoms with Crippen LogP contribution in [0.25, 0.3) is 0 Å². The van der Waals surface area contributed by atoms with Crippen molar-refractivity contribution in [3.05, 3.63) is 22.4 Å². The highest BCUT2D eigenvalue weighted by molar-refractivity contribution is 7.12. The molecule has 0 N–H and O–H groups in total. The van der Waals surface area contributed by atoms with E-state index in [1.165, 1.54) is 21.1 Å². The topological polar surface area (TPSA) is 40.6 Å². The lowest BCUT2D eigenvalue weighted by atomic mass is 10.4. The lowest BCUT2D eigenvalue weighted by Gasteiger charge is -2.18. The number of nitrogens with zero attached hydrogens (tertiary/aromatic N) is 2. The predicted molar refractivity (Wildman–Crippen MR) is 60.0 cm³/mol. The Kier molecular flexibility index (Phi) is 3.85. The number of carbonyl (C=O) groups excluding carboxylic acids is 2. The molecule has 4 nitrogen and oxygen atoms in total. The van der Waals surface area contributed by atoms with Gasteiger partial charge >= 0.3 is 0 Å². The van der Waals surface area contributed by atoms with Crippen LogP contribution >= 0.6 is 11.3 Å². The summed E-state index contributed by atoms with van der Waals surface area (Å²) in [5.41, 5.74) is 0. The van der Waals surface area contributed by atoms with Crippen LogP contribution in [0, 0.1) is 0 Å². The second-order valence-electron chi connectivity index (χ2n) is 3.43. The Morgan fingerprint density at radius 2 is 2.00 bits per heavy atom. The lowest BCUT2D eigenvalue weighted by Crippen LogP contribution is -2.37. The number of amides is 2. The fourth-order valence-electron chi connectivity index (χ4n) is 1.00. The van der Waals surface area contributed by atoms with E-state index in [0.717, 1.165) is 0 Å². The van der Waals surface area contributed by atoms with E-state index in [2.05, 4.69) is 0 Å². The SMILES string of the molecule is CN(C)C(=O)CN(C)C(=O)c1cccs1. The summed E-state index contributed by atoms with van der Waals surface area (Å²) in [5, 5.41) is 1.84. The van der Waals surface area contributed by atoms with Crippen LogP contribution in [0.5, 0.6) is 0 Å². The maximum atomic E-state index is 11.7. The van der Waals surface area contributed by atoms with E-state index in [0.29, 0.717) is 4.88 Å². The molecule has 0 unspecified atom stereocenters. The largest absolute Gasteiger partial charge is 0.347 e. The Bertz CT molecular complexity index is 346. The van der Waals surface area contributed by atoms with Gasteiger partial charge in [0.2, 0.25) is 5.91 Å². The van der Waals surface area contributed by atoms with Crippen LogP contribution in [-0.4, -0.2) is 49.3 Å². The Labute approximate surface area is 93.1 Å². The minimum absolute atomic E-state index is 0.0811. The van der Waals surface area contributed by atoms with Crippen molar-refractivity contribution in [1.82, 2.24) is 9.80 Å². The number of hydrogen-bond acceptors (Lipinski definition) is 3. The van der Waals surface area contributed by atoms with Crippen LogP contribution in [0.1, 0.15) is 9.67 Å². The van der Waals surface area contributed by atoms with Crippen molar-refractivity contribution < 1.29 is 9.59 Å². The van der Waals surface area contributed by atoms with E-state index in [-0.39, 0.29) is 18.4 Å². The number of hydrogen-bond donors (Lipinski definition) is 0. The van der Waals surface area contributed by atoms with Crippen LogP contribution in [0.3, 0.4) is 0 Å². The van der Waals surface area contributed by atoms with Crippen molar-refractivity contribution in [3.63, 3.8) is 0 Å². The molecule has 0 radical (unpaired) electrons. The van der Waals surface area contributed by atoms with Crippen LogP contribution in [0.15, 0.2) is 17.5 Å². The molecule has 0 aliphatic carbocycles. The molecular formula is C10H14N2O2S. The lowest BCUT2D eigenvalue weighted by molar-refractivity contribution is -0.129. The molecule has 0 spiro atoms. The van der Waals surface area contributed by atoms with Gasteiger partial charge in [0, 0.05) is 21.1 Å². The molecule has 0 aliphatic heterocycles. The maximum Gasteiger partial charge on any atom is 0.264 e. The molecule has 1 aromatic rings. The second-order valence-corrected chi connectivity index (χ2v) is 4.37. The third-order valence-corrected chi connectivity index (χ3v) is 2.81. The van der Waals surface area contributed by atoms with Gasteiger partial charge in [-0.3, -0.25) is 9.59 Å². The molecule has 0 aliphatic rings. The highest BCUT2D eigenvalue weighted by atomic mass is 32.1. The highest BCUT2D eigenvalue weighted by Crippen LogP contribution is 2.10. The van der Waals surface area contributed by atoms with E-state index in [4.69, 9.17) is 0 Å². The third kappa shape index (κ3) is 3.06. The summed E-state index contributed by atoms with van der Waals surface area (Å²) in [4.78, 5) is 26.6. The fourth-order valence-corrected chi connectivity index (χ4v) is 1.72.